The van der Waals surface area contributed by atoms with Gasteiger partial charge in [-0.2, -0.15) is 0 Å². The van der Waals surface area contributed by atoms with Crippen LogP contribution in [-0.4, -0.2) is 83.1 Å². The van der Waals surface area contributed by atoms with Gasteiger partial charge in [0, 0.05) is 46.9 Å². The fourth-order valence-corrected chi connectivity index (χ4v) is 6.12. The molecule has 9 heteroatoms. The standard InChI is InChI=1S/C24H32O9/c1-8-11-21-14-16(28-2)19(26)24(32-6,33-7)18(21)17-15(10-9-12-25)13-22(21,29-3)20(27)23(17,30-4)31-5/h8-10,13-14,17-18,25H,1,11-12H2,2-7H3. The van der Waals surface area contributed by atoms with Crippen LogP contribution in [0.4, 0.5) is 0 Å². The topological polar surface area (TPSA) is 110 Å². The zero-order valence-electron chi connectivity index (χ0n) is 19.9. The number of rotatable bonds is 10. The van der Waals surface area contributed by atoms with E-state index in [2.05, 4.69) is 6.58 Å². The third-order valence-corrected chi connectivity index (χ3v) is 7.36. The fraction of sp³-hybridized carbons (Fsp3) is 0.583. The van der Waals surface area contributed by atoms with Crippen LogP contribution < -0.4 is 0 Å². The Morgan fingerprint density at radius 3 is 2.03 bits per heavy atom. The number of hydrogen-bond donors (Lipinski definition) is 1. The van der Waals surface area contributed by atoms with E-state index in [4.69, 9.17) is 28.4 Å². The van der Waals surface area contributed by atoms with Crippen molar-refractivity contribution in [1.82, 2.24) is 0 Å². The molecule has 182 valence electrons. The largest absolute Gasteiger partial charge is 0.493 e. The summed E-state index contributed by atoms with van der Waals surface area (Å²) in [6, 6.07) is 0. The number of hydrogen-bond acceptors (Lipinski definition) is 9. The molecule has 0 amide bonds. The van der Waals surface area contributed by atoms with Gasteiger partial charge in [-0.15, -0.1) is 6.58 Å². The van der Waals surface area contributed by atoms with E-state index in [0.717, 1.165) is 0 Å². The summed E-state index contributed by atoms with van der Waals surface area (Å²) in [6.07, 6.45) is 8.36. The highest BCUT2D eigenvalue weighted by atomic mass is 16.7. The second-order valence-electron chi connectivity index (χ2n) is 8.18. The summed E-state index contributed by atoms with van der Waals surface area (Å²) < 4.78 is 34.6. The highest BCUT2D eigenvalue weighted by molar-refractivity contribution is 6.05. The van der Waals surface area contributed by atoms with Gasteiger partial charge in [-0.25, -0.2) is 0 Å². The molecule has 1 N–H and O–H groups in total. The van der Waals surface area contributed by atoms with Crippen LogP contribution in [0, 0.1) is 17.3 Å². The summed E-state index contributed by atoms with van der Waals surface area (Å²) in [5.41, 5.74) is -2.30. The van der Waals surface area contributed by atoms with Gasteiger partial charge in [-0.3, -0.25) is 9.59 Å². The van der Waals surface area contributed by atoms with E-state index in [9.17, 15) is 14.7 Å². The van der Waals surface area contributed by atoms with Crippen molar-refractivity contribution in [1.29, 1.82) is 0 Å². The van der Waals surface area contributed by atoms with Crippen LogP contribution in [0.5, 0.6) is 0 Å². The zero-order chi connectivity index (χ0) is 24.7. The lowest BCUT2D eigenvalue weighted by Crippen LogP contribution is -2.81. The number of aliphatic hydroxyl groups excluding tert-OH is 1. The number of ether oxygens (including phenoxy) is 6. The first kappa shape index (κ1) is 25.5. The van der Waals surface area contributed by atoms with Crippen LogP contribution in [0.15, 0.2) is 48.3 Å². The molecular formula is C24H32O9. The summed E-state index contributed by atoms with van der Waals surface area (Å²) in [6.45, 7) is 3.66. The van der Waals surface area contributed by atoms with Crippen molar-refractivity contribution >= 4 is 11.6 Å². The predicted molar refractivity (Wildman–Crippen MR) is 117 cm³/mol. The fourth-order valence-electron chi connectivity index (χ4n) is 6.12. The zero-order valence-corrected chi connectivity index (χ0v) is 19.9. The van der Waals surface area contributed by atoms with Gasteiger partial charge in [0.1, 0.15) is 0 Å². The second kappa shape index (κ2) is 8.90. The number of carbonyl (C=O) groups excluding carboxylic acids is 2. The third kappa shape index (κ3) is 2.87. The number of aliphatic hydroxyl groups is 1. The van der Waals surface area contributed by atoms with Gasteiger partial charge in [0.25, 0.3) is 5.78 Å². The van der Waals surface area contributed by atoms with Crippen LogP contribution in [0.2, 0.25) is 0 Å². The Morgan fingerprint density at radius 2 is 1.58 bits per heavy atom. The minimum absolute atomic E-state index is 0.0186. The Kier molecular flexibility index (Phi) is 6.87. The molecule has 33 heavy (non-hydrogen) atoms. The number of fused-ring (bicyclic) bond motifs is 1. The van der Waals surface area contributed by atoms with E-state index >= 15 is 0 Å². The third-order valence-electron chi connectivity index (χ3n) is 7.36. The SMILES string of the molecule is C=CCC12C=C(OC)C(=O)C(OC)(OC)C1C1C(C=CCO)=CC2(OC)C(=O)C1(OC)OC. The monoisotopic (exact) mass is 464 g/mol. The highest BCUT2D eigenvalue weighted by Crippen LogP contribution is 2.68. The predicted octanol–water partition coefficient (Wildman–Crippen LogP) is 1.33. The lowest BCUT2D eigenvalue weighted by molar-refractivity contribution is -0.329. The maximum absolute atomic E-state index is 14.2. The Bertz CT molecular complexity index is 909. The molecule has 1 saturated carbocycles. The van der Waals surface area contributed by atoms with Crippen LogP contribution in [0.1, 0.15) is 6.42 Å². The molecule has 1 fully saturated rings. The molecule has 9 nitrogen and oxygen atoms in total. The van der Waals surface area contributed by atoms with Crippen molar-refractivity contribution in [3.05, 3.63) is 48.3 Å². The average molecular weight is 465 g/mol. The molecule has 0 spiro atoms. The normalized spacial score (nSPS) is 34.2. The lowest BCUT2D eigenvalue weighted by atomic mass is 9.41. The quantitative estimate of drug-likeness (QED) is 0.378. The first-order valence-electron chi connectivity index (χ1n) is 10.5. The molecule has 0 radical (unpaired) electrons. The Morgan fingerprint density at radius 1 is 0.970 bits per heavy atom. The Hall–Kier alpha value is -2.14. The second-order valence-corrected chi connectivity index (χ2v) is 8.18. The van der Waals surface area contributed by atoms with Gasteiger partial charge >= 0.3 is 0 Å². The highest BCUT2D eigenvalue weighted by Gasteiger charge is 2.82. The van der Waals surface area contributed by atoms with Crippen molar-refractivity contribution in [2.24, 2.45) is 17.3 Å². The van der Waals surface area contributed by atoms with Gasteiger partial charge in [-0.1, -0.05) is 18.2 Å². The van der Waals surface area contributed by atoms with Crippen molar-refractivity contribution in [2.45, 2.75) is 23.6 Å². The van der Waals surface area contributed by atoms with E-state index in [1.807, 2.05) is 0 Å². The van der Waals surface area contributed by atoms with E-state index in [1.165, 1.54) is 48.7 Å². The number of ketones is 2. The van der Waals surface area contributed by atoms with Gasteiger partial charge < -0.3 is 33.5 Å². The summed E-state index contributed by atoms with van der Waals surface area (Å²) >= 11 is 0. The van der Waals surface area contributed by atoms with E-state index < -0.39 is 46.0 Å². The molecule has 0 aromatic heterocycles. The van der Waals surface area contributed by atoms with E-state index in [-0.39, 0.29) is 18.8 Å². The van der Waals surface area contributed by atoms with Crippen LogP contribution in [0.25, 0.3) is 0 Å². The summed E-state index contributed by atoms with van der Waals surface area (Å²) in [5.74, 6) is -6.48. The number of carbonyl (C=O) groups is 2. The molecule has 0 saturated heterocycles. The molecule has 4 rings (SSSR count). The Balaban J connectivity index is 2.57. The molecule has 0 aromatic carbocycles. The van der Waals surface area contributed by atoms with Gasteiger partial charge in [0.2, 0.25) is 17.4 Å². The Labute approximate surface area is 193 Å². The molecule has 4 atom stereocenters. The van der Waals surface area contributed by atoms with Crippen LogP contribution in [-0.2, 0) is 38.0 Å². The van der Waals surface area contributed by atoms with Crippen LogP contribution >= 0.6 is 0 Å². The van der Waals surface area contributed by atoms with Crippen molar-refractivity contribution in [3.8, 4) is 0 Å². The number of allylic oxidation sites excluding steroid dienone is 2. The van der Waals surface area contributed by atoms with Gasteiger partial charge in [0.15, 0.2) is 11.4 Å². The lowest BCUT2D eigenvalue weighted by Gasteiger charge is -2.67. The molecule has 4 aliphatic rings. The molecule has 0 aliphatic heterocycles. The van der Waals surface area contributed by atoms with Crippen molar-refractivity contribution < 1.29 is 43.1 Å². The molecular weight excluding hydrogens is 432 g/mol. The van der Waals surface area contributed by atoms with Crippen LogP contribution in [0.3, 0.4) is 0 Å². The van der Waals surface area contributed by atoms with Gasteiger partial charge in [-0.05, 0) is 24.1 Å². The smallest absolute Gasteiger partial charge is 0.256 e. The summed E-state index contributed by atoms with van der Waals surface area (Å²) in [4.78, 5) is 27.8. The molecule has 4 aliphatic carbocycles. The number of Topliss-reactive ketones (excluding diaryl/α,β-unsaturated/α-hetero) is 2. The van der Waals surface area contributed by atoms with Gasteiger partial charge in [0.05, 0.1) is 19.6 Å². The minimum atomic E-state index is -1.87. The minimum Gasteiger partial charge on any atom is -0.493 e. The van der Waals surface area contributed by atoms with Crippen molar-refractivity contribution in [2.75, 3.05) is 49.3 Å². The summed E-state index contributed by atoms with van der Waals surface area (Å²) in [5, 5.41) is 9.44. The van der Waals surface area contributed by atoms with E-state index in [1.54, 1.807) is 24.3 Å². The number of methoxy groups -OCH3 is 6. The molecule has 0 heterocycles. The maximum atomic E-state index is 14.2. The molecule has 4 unspecified atom stereocenters. The molecule has 0 aromatic rings. The first-order chi connectivity index (χ1) is 15.8. The molecule has 2 bridgehead atoms. The average Bonchev–Trinajstić information content (AvgIpc) is 2.84. The van der Waals surface area contributed by atoms with E-state index in [0.29, 0.717) is 5.57 Å². The van der Waals surface area contributed by atoms with Crippen molar-refractivity contribution in [3.63, 3.8) is 0 Å². The first-order valence-corrected chi connectivity index (χ1v) is 10.5. The summed E-state index contributed by atoms with van der Waals surface area (Å²) in [7, 11) is 8.20. The maximum Gasteiger partial charge on any atom is 0.256 e.